The van der Waals surface area contributed by atoms with Gasteiger partial charge < -0.3 is 16.0 Å². The van der Waals surface area contributed by atoms with E-state index in [1.807, 2.05) is 19.9 Å². The van der Waals surface area contributed by atoms with Gasteiger partial charge in [0.05, 0.1) is 16.1 Å². The van der Waals surface area contributed by atoms with Crippen molar-refractivity contribution in [3.05, 3.63) is 88.6 Å². The van der Waals surface area contributed by atoms with Crippen molar-refractivity contribution >= 4 is 33.8 Å². The lowest BCUT2D eigenvalue weighted by Gasteiger charge is -2.05. The molecule has 0 unspecified atom stereocenters. The maximum atomic E-state index is 14.3. The van der Waals surface area contributed by atoms with Gasteiger partial charge in [-0.2, -0.15) is 0 Å². The predicted octanol–water partition coefficient (Wildman–Crippen LogP) is 6.29. The van der Waals surface area contributed by atoms with Gasteiger partial charge in [0, 0.05) is 28.1 Å². The van der Waals surface area contributed by atoms with Crippen molar-refractivity contribution in [2.75, 3.05) is 11.9 Å². The van der Waals surface area contributed by atoms with Crippen LogP contribution in [0.3, 0.4) is 0 Å². The Labute approximate surface area is 189 Å². The SMILES string of the molecule is C=CNc1cc(-c2ccccc2F)sc1C(N)=NCCc1c(C)[nH]c2c(F)ccc(C)c12. The molecule has 4 N–H and O–H groups in total. The van der Waals surface area contributed by atoms with Gasteiger partial charge in [-0.25, -0.2) is 8.78 Å². The van der Waals surface area contributed by atoms with E-state index in [0.29, 0.717) is 29.9 Å². The summed E-state index contributed by atoms with van der Waals surface area (Å²) in [6, 6.07) is 11.7. The fraction of sp³-hybridized carbons (Fsp3) is 0.160. The van der Waals surface area contributed by atoms with E-state index in [0.717, 1.165) is 37.6 Å². The van der Waals surface area contributed by atoms with Crippen LogP contribution in [0.2, 0.25) is 0 Å². The van der Waals surface area contributed by atoms with Crippen LogP contribution in [0.15, 0.2) is 60.2 Å². The number of thiophene rings is 1. The molecule has 0 bridgehead atoms. The number of anilines is 1. The highest BCUT2D eigenvalue weighted by Gasteiger charge is 2.16. The van der Waals surface area contributed by atoms with Gasteiger partial charge in [0.15, 0.2) is 0 Å². The highest BCUT2D eigenvalue weighted by atomic mass is 32.1. The Morgan fingerprint density at radius 1 is 1.19 bits per heavy atom. The lowest BCUT2D eigenvalue weighted by molar-refractivity contribution is 0.631. The largest absolute Gasteiger partial charge is 0.383 e. The fourth-order valence-electron chi connectivity index (χ4n) is 3.91. The zero-order valence-corrected chi connectivity index (χ0v) is 18.7. The number of halogens is 2. The topological polar surface area (TPSA) is 66.2 Å². The summed E-state index contributed by atoms with van der Waals surface area (Å²) in [4.78, 5) is 9.19. The zero-order valence-electron chi connectivity index (χ0n) is 17.9. The summed E-state index contributed by atoms with van der Waals surface area (Å²) >= 11 is 1.37. The number of nitrogens with one attached hydrogen (secondary N) is 2. The van der Waals surface area contributed by atoms with Crippen molar-refractivity contribution in [3.63, 3.8) is 0 Å². The average Bonchev–Trinajstić information content (AvgIpc) is 3.33. The minimum atomic E-state index is -0.293. The monoisotopic (exact) mass is 450 g/mol. The molecule has 0 aliphatic carbocycles. The van der Waals surface area contributed by atoms with E-state index in [-0.39, 0.29) is 11.6 Å². The number of H-pyrrole nitrogens is 1. The fourth-order valence-corrected chi connectivity index (χ4v) is 4.98. The van der Waals surface area contributed by atoms with Crippen LogP contribution in [0.1, 0.15) is 21.7 Å². The standard InChI is InChI=1S/C25H24F2N4S/c1-4-29-20-13-21(17-7-5-6-8-18(17)26)32-24(20)25(28)30-12-11-16-15(3)31-23-19(27)10-9-14(2)22(16)23/h4-10,13,29,31H,1,11-12H2,2-3H3,(H2,28,30). The molecule has 7 heteroatoms. The average molecular weight is 451 g/mol. The third-order valence-corrected chi connectivity index (χ3v) is 6.63. The van der Waals surface area contributed by atoms with Crippen LogP contribution < -0.4 is 11.1 Å². The van der Waals surface area contributed by atoms with Gasteiger partial charge in [-0.1, -0.05) is 30.8 Å². The number of hydrogen-bond acceptors (Lipinski definition) is 3. The molecule has 0 spiro atoms. The van der Waals surface area contributed by atoms with Gasteiger partial charge in [-0.15, -0.1) is 11.3 Å². The maximum absolute atomic E-state index is 14.3. The van der Waals surface area contributed by atoms with E-state index in [1.165, 1.54) is 23.5 Å². The molecule has 4 rings (SSSR count). The van der Waals surface area contributed by atoms with Crippen molar-refractivity contribution < 1.29 is 8.78 Å². The van der Waals surface area contributed by atoms with Crippen LogP contribution in [0.4, 0.5) is 14.5 Å². The third kappa shape index (κ3) is 4.03. The van der Waals surface area contributed by atoms with Gasteiger partial charge in [0.1, 0.15) is 17.5 Å². The van der Waals surface area contributed by atoms with Crippen LogP contribution >= 0.6 is 11.3 Å². The Hall–Kier alpha value is -3.45. The molecule has 0 aliphatic rings. The molecule has 2 aromatic carbocycles. The number of aromatic nitrogens is 1. The number of nitrogens with two attached hydrogens (primary N) is 1. The first-order valence-electron chi connectivity index (χ1n) is 10.2. The highest BCUT2D eigenvalue weighted by Crippen LogP contribution is 2.36. The third-order valence-electron chi connectivity index (χ3n) is 5.44. The molecule has 2 aromatic heterocycles. The lowest BCUT2D eigenvalue weighted by Crippen LogP contribution is -2.14. The Morgan fingerprint density at radius 3 is 2.72 bits per heavy atom. The summed E-state index contributed by atoms with van der Waals surface area (Å²) < 4.78 is 28.5. The quantitative estimate of drug-likeness (QED) is 0.229. The van der Waals surface area contributed by atoms with Crippen LogP contribution in [0.5, 0.6) is 0 Å². The second kappa shape index (κ2) is 8.96. The summed E-state index contributed by atoms with van der Waals surface area (Å²) in [5, 5.41) is 3.97. The number of benzene rings is 2. The van der Waals surface area contributed by atoms with Gasteiger partial charge in [0.2, 0.25) is 0 Å². The van der Waals surface area contributed by atoms with Gasteiger partial charge >= 0.3 is 0 Å². The molecule has 0 atom stereocenters. The molecule has 0 amide bonds. The van der Waals surface area contributed by atoms with E-state index in [4.69, 9.17) is 5.73 Å². The Balaban J connectivity index is 1.62. The first-order chi connectivity index (χ1) is 15.4. The summed E-state index contributed by atoms with van der Waals surface area (Å²) in [5.41, 5.74) is 11.1. The van der Waals surface area contributed by atoms with Crippen LogP contribution in [-0.4, -0.2) is 17.4 Å². The molecule has 0 aliphatic heterocycles. The second-order valence-electron chi connectivity index (χ2n) is 7.54. The number of fused-ring (bicyclic) bond motifs is 1. The van der Waals surface area contributed by atoms with Crippen LogP contribution in [0.25, 0.3) is 21.3 Å². The van der Waals surface area contributed by atoms with Gasteiger partial charge in [-0.05, 0) is 55.8 Å². The smallest absolute Gasteiger partial charge is 0.147 e. The van der Waals surface area contributed by atoms with Crippen LogP contribution in [-0.2, 0) is 6.42 Å². The van der Waals surface area contributed by atoms with Crippen molar-refractivity contribution in [2.24, 2.45) is 10.7 Å². The molecule has 32 heavy (non-hydrogen) atoms. The molecule has 4 aromatic rings. The number of aromatic amines is 1. The Bertz CT molecular complexity index is 1330. The number of rotatable bonds is 7. The lowest BCUT2D eigenvalue weighted by atomic mass is 10.0. The molecule has 2 heterocycles. The molecule has 164 valence electrons. The molecule has 0 radical (unpaired) electrons. The van der Waals surface area contributed by atoms with E-state index >= 15 is 0 Å². The van der Waals surface area contributed by atoms with Crippen molar-refractivity contribution in [1.29, 1.82) is 0 Å². The maximum Gasteiger partial charge on any atom is 0.147 e. The van der Waals surface area contributed by atoms with Gasteiger partial charge in [0.25, 0.3) is 0 Å². The first kappa shape index (κ1) is 21.8. The van der Waals surface area contributed by atoms with Crippen molar-refractivity contribution in [2.45, 2.75) is 20.3 Å². The van der Waals surface area contributed by atoms with E-state index in [2.05, 4.69) is 21.9 Å². The molecule has 0 fully saturated rings. The Kier molecular flexibility index (Phi) is 6.10. The van der Waals surface area contributed by atoms with Crippen molar-refractivity contribution in [1.82, 2.24) is 4.98 Å². The number of aryl methyl sites for hydroxylation is 2. The minimum absolute atomic E-state index is 0.262. The highest BCUT2D eigenvalue weighted by molar-refractivity contribution is 7.18. The number of nitrogens with zero attached hydrogens (tertiary/aromatic N) is 1. The summed E-state index contributed by atoms with van der Waals surface area (Å²) in [6.07, 6.45) is 2.17. The van der Waals surface area contributed by atoms with Gasteiger partial charge in [-0.3, -0.25) is 4.99 Å². The van der Waals surface area contributed by atoms with E-state index in [9.17, 15) is 8.78 Å². The van der Waals surface area contributed by atoms with Crippen LogP contribution in [0, 0.1) is 25.5 Å². The van der Waals surface area contributed by atoms with Crippen molar-refractivity contribution in [3.8, 4) is 10.4 Å². The predicted molar refractivity (Wildman–Crippen MR) is 131 cm³/mol. The summed E-state index contributed by atoms with van der Waals surface area (Å²) in [5.74, 6) is -0.192. The van der Waals surface area contributed by atoms with E-state index < -0.39 is 0 Å². The zero-order chi connectivity index (χ0) is 22.8. The molecule has 0 saturated carbocycles. The first-order valence-corrected chi connectivity index (χ1v) is 11.0. The number of amidine groups is 1. The molecular formula is C25H24F2N4S. The molecule has 4 nitrogen and oxygen atoms in total. The number of aliphatic imine (C=N–C) groups is 1. The minimum Gasteiger partial charge on any atom is -0.383 e. The summed E-state index contributed by atoms with van der Waals surface area (Å²) in [7, 11) is 0. The normalized spacial score (nSPS) is 11.8. The second-order valence-corrected chi connectivity index (χ2v) is 8.59. The van der Waals surface area contributed by atoms with E-state index in [1.54, 1.807) is 30.5 Å². The molecular weight excluding hydrogens is 426 g/mol. The number of hydrogen-bond donors (Lipinski definition) is 3. The molecule has 0 saturated heterocycles. The Morgan fingerprint density at radius 2 is 1.97 bits per heavy atom. The summed E-state index contributed by atoms with van der Waals surface area (Å²) in [6.45, 7) is 8.06.